The largest absolute Gasteiger partial charge is 0.480 e. The summed E-state index contributed by atoms with van der Waals surface area (Å²) in [5.41, 5.74) is 9.12. The molecule has 0 aliphatic heterocycles. The van der Waals surface area contributed by atoms with Crippen LogP contribution in [0.3, 0.4) is 0 Å². The molecule has 0 saturated carbocycles. The Labute approximate surface area is 150 Å². The number of ether oxygens (including phenoxy) is 1. The molecule has 0 aromatic heterocycles. The molecule has 1 aromatic rings. The van der Waals surface area contributed by atoms with Gasteiger partial charge in [0.05, 0.1) is 6.54 Å². The van der Waals surface area contributed by atoms with Crippen molar-refractivity contribution in [2.24, 2.45) is 5.73 Å². The van der Waals surface area contributed by atoms with E-state index in [-0.39, 0.29) is 18.6 Å². The van der Waals surface area contributed by atoms with Crippen LogP contribution in [0.15, 0.2) is 12.1 Å². The molecule has 7 nitrogen and oxygen atoms in total. The number of benzene rings is 1. The number of rotatable bonds is 7. The number of nitrogens with two attached hydrogens (primary N) is 1. The second-order valence-corrected chi connectivity index (χ2v) is 6.21. The zero-order chi connectivity index (χ0) is 19.6. The number of likely N-dealkylation sites (N-methyl/N-ethyl adjacent to an activating group) is 1. The molecule has 0 radical (unpaired) electrons. The first kappa shape index (κ1) is 22.9. The molecular formula is C18H31N3O4. The number of aryl methyl sites for hydroxylation is 3. The molecule has 25 heavy (non-hydrogen) atoms. The van der Waals surface area contributed by atoms with E-state index in [0.29, 0.717) is 6.61 Å². The molecule has 0 unspecified atom stereocenters. The molecule has 0 fully saturated rings. The van der Waals surface area contributed by atoms with Gasteiger partial charge in [-0.1, -0.05) is 17.7 Å². The van der Waals surface area contributed by atoms with Crippen LogP contribution in [0.25, 0.3) is 0 Å². The third kappa shape index (κ3) is 9.69. The molecule has 0 saturated heterocycles. The van der Waals surface area contributed by atoms with Gasteiger partial charge in [0.2, 0.25) is 0 Å². The number of esters is 1. The highest BCUT2D eigenvalue weighted by molar-refractivity contribution is 5.79. The standard InChI is InChI=1S/C16H26N2O2.C2H5NO2/c1-11-9-12(2)15(13(3)10-11)17-14(4)16(19)20-8-7-18(5)6;3-1-2(4)5/h9-10,14,17H,7-8H2,1-6H3;1,3H2,(H,4,5)/t14-;/m0./s1. The van der Waals surface area contributed by atoms with Crippen molar-refractivity contribution in [1.29, 1.82) is 0 Å². The molecule has 1 aromatic carbocycles. The number of hydrogen-bond acceptors (Lipinski definition) is 6. The smallest absolute Gasteiger partial charge is 0.328 e. The van der Waals surface area contributed by atoms with E-state index >= 15 is 0 Å². The maximum absolute atomic E-state index is 11.9. The molecule has 1 rings (SSSR count). The van der Waals surface area contributed by atoms with Crippen molar-refractivity contribution in [2.75, 3.05) is 39.1 Å². The van der Waals surface area contributed by atoms with Crippen molar-refractivity contribution in [2.45, 2.75) is 33.7 Å². The average molecular weight is 353 g/mol. The van der Waals surface area contributed by atoms with Gasteiger partial charge >= 0.3 is 11.9 Å². The second kappa shape index (κ2) is 11.4. The molecule has 7 heteroatoms. The summed E-state index contributed by atoms with van der Waals surface area (Å²) >= 11 is 0. The monoisotopic (exact) mass is 353 g/mol. The van der Waals surface area contributed by atoms with Crippen LogP contribution in [0.4, 0.5) is 5.69 Å². The van der Waals surface area contributed by atoms with E-state index < -0.39 is 5.97 Å². The topological polar surface area (TPSA) is 105 Å². The van der Waals surface area contributed by atoms with Crippen LogP contribution in [0, 0.1) is 20.8 Å². The van der Waals surface area contributed by atoms with Crippen molar-refractivity contribution in [3.05, 3.63) is 28.8 Å². The van der Waals surface area contributed by atoms with Gasteiger partial charge in [-0.25, -0.2) is 4.79 Å². The Morgan fingerprint density at radius 2 is 1.72 bits per heavy atom. The Morgan fingerprint density at radius 1 is 1.24 bits per heavy atom. The normalized spacial score (nSPS) is 11.4. The number of carboxylic acids is 1. The van der Waals surface area contributed by atoms with E-state index in [4.69, 9.17) is 9.84 Å². The molecule has 4 N–H and O–H groups in total. The summed E-state index contributed by atoms with van der Waals surface area (Å²) in [4.78, 5) is 23.1. The van der Waals surface area contributed by atoms with Gasteiger partial charge in [0.25, 0.3) is 0 Å². The van der Waals surface area contributed by atoms with Crippen LogP contribution >= 0.6 is 0 Å². The van der Waals surface area contributed by atoms with Crippen LogP contribution in [-0.2, 0) is 14.3 Å². The molecule has 0 aliphatic rings. The summed E-state index contributed by atoms with van der Waals surface area (Å²) in [5, 5.41) is 10.9. The van der Waals surface area contributed by atoms with Gasteiger partial charge in [0.1, 0.15) is 12.6 Å². The second-order valence-electron chi connectivity index (χ2n) is 6.21. The third-order valence-corrected chi connectivity index (χ3v) is 3.35. The maximum atomic E-state index is 11.9. The highest BCUT2D eigenvalue weighted by Crippen LogP contribution is 2.22. The number of hydrogen-bond donors (Lipinski definition) is 3. The number of carboxylic acid groups (broad SMARTS) is 1. The van der Waals surface area contributed by atoms with Crippen LogP contribution in [0.1, 0.15) is 23.6 Å². The van der Waals surface area contributed by atoms with E-state index in [1.54, 1.807) is 0 Å². The minimum Gasteiger partial charge on any atom is -0.480 e. The fourth-order valence-electron chi connectivity index (χ4n) is 2.14. The summed E-state index contributed by atoms with van der Waals surface area (Å²) in [7, 11) is 3.91. The van der Waals surface area contributed by atoms with Gasteiger partial charge in [0.15, 0.2) is 0 Å². The van der Waals surface area contributed by atoms with Crippen LogP contribution in [0.2, 0.25) is 0 Å². The lowest BCUT2D eigenvalue weighted by Crippen LogP contribution is -2.31. The zero-order valence-corrected chi connectivity index (χ0v) is 16.0. The molecule has 0 spiro atoms. The first-order valence-corrected chi connectivity index (χ1v) is 8.16. The summed E-state index contributed by atoms with van der Waals surface area (Å²) < 4.78 is 5.25. The van der Waals surface area contributed by atoms with Gasteiger partial charge < -0.3 is 25.8 Å². The highest BCUT2D eigenvalue weighted by atomic mass is 16.5. The van der Waals surface area contributed by atoms with E-state index in [1.807, 2.05) is 39.8 Å². The molecule has 0 heterocycles. The van der Waals surface area contributed by atoms with Gasteiger partial charge in [-0.05, 0) is 52.9 Å². The minimum absolute atomic E-state index is 0.216. The van der Waals surface area contributed by atoms with Gasteiger partial charge in [-0.2, -0.15) is 0 Å². The lowest BCUT2D eigenvalue weighted by molar-refractivity contribution is -0.144. The lowest BCUT2D eigenvalue weighted by atomic mass is 10.0. The van der Waals surface area contributed by atoms with Gasteiger partial charge in [-0.15, -0.1) is 0 Å². The third-order valence-electron chi connectivity index (χ3n) is 3.35. The number of anilines is 1. The van der Waals surface area contributed by atoms with Crippen LogP contribution in [-0.4, -0.2) is 61.8 Å². The summed E-state index contributed by atoms with van der Waals surface area (Å²) in [6.07, 6.45) is 0. The molecule has 1 atom stereocenters. The summed E-state index contributed by atoms with van der Waals surface area (Å²) in [6, 6.07) is 3.87. The molecular weight excluding hydrogens is 322 g/mol. The van der Waals surface area contributed by atoms with E-state index in [1.165, 1.54) is 5.56 Å². The van der Waals surface area contributed by atoms with E-state index in [2.05, 4.69) is 30.1 Å². The van der Waals surface area contributed by atoms with Crippen LogP contribution in [0.5, 0.6) is 0 Å². The molecule has 0 bridgehead atoms. The Morgan fingerprint density at radius 3 is 2.12 bits per heavy atom. The number of carbonyl (C=O) groups excluding carboxylic acids is 1. The average Bonchev–Trinajstić information content (AvgIpc) is 2.50. The zero-order valence-electron chi connectivity index (χ0n) is 16.0. The minimum atomic E-state index is -0.968. The predicted octanol–water partition coefficient (Wildman–Crippen LogP) is 1.55. The lowest BCUT2D eigenvalue weighted by Gasteiger charge is -2.19. The van der Waals surface area contributed by atoms with Crippen molar-refractivity contribution in [1.82, 2.24) is 4.90 Å². The maximum Gasteiger partial charge on any atom is 0.328 e. The van der Waals surface area contributed by atoms with Crippen molar-refractivity contribution in [3.63, 3.8) is 0 Å². The SMILES string of the molecule is Cc1cc(C)c(N[C@@H](C)C(=O)OCCN(C)C)c(C)c1.NCC(=O)O. The molecule has 0 aliphatic carbocycles. The van der Waals surface area contributed by atoms with Crippen molar-refractivity contribution >= 4 is 17.6 Å². The number of aliphatic carboxylic acids is 1. The first-order chi connectivity index (χ1) is 11.6. The first-order valence-electron chi connectivity index (χ1n) is 8.16. The Balaban J connectivity index is 0.00000101. The number of nitrogens with zero attached hydrogens (tertiary/aromatic N) is 1. The summed E-state index contributed by atoms with van der Waals surface area (Å²) in [6.45, 7) is 8.88. The molecule has 142 valence electrons. The van der Waals surface area contributed by atoms with E-state index in [0.717, 1.165) is 23.4 Å². The predicted molar refractivity (Wildman–Crippen MR) is 99.9 cm³/mol. The Bertz CT molecular complexity index is 550. The van der Waals surface area contributed by atoms with Crippen molar-refractivity contribution in [3.8, 4) is 0 Å². The van der Waals surface area contributed by atoms with Gasteiger partial charge in [0, 0.05) is 12.2 Å². The quantitative estimate of drug-likeness (QED) is 0.639. The number of nitrogens with one attached hydrogen (secondary N) is 1. The highest BCUT2D eigenvalue weighted by Gasteiger charge is 2.16. The van der Waals surface area contributed by atoms with E-state index in [9.17, 15) is 9.59 Å². The fourth-order valence-corrected chi connectivity index (χ4v) is 2.14. The Kier molecular flexibility index (Phi) is 10.5. The van der Waals surface area contributed by atoms with Crippen molar-refractivity contribution < 1.29 is 19.4 Å². The summed E-state index contributed by atoms with van der Waals surface area (Å²) in [5.74, 6) is -1.18. The molecule has 0 amide bonds. The fraction of sp³-hybridized carbons (Fsp3) is 0.556. The number of carbonyl (C=O) groups is 2. The van der Waals surface area contributed by atoms with Gasteiger partial charge in [-0.3, -0.25) is 4.79 Å². The van der Waals surface area contributed by atoms with Crippen LogP contribution < -0.4 is 11.1 Å². The Hall–Kier alpha value is -2.12.